The van der Waals surface area contributed by atoms with Crippen LogP contribution in [0.2, 0.25) is 0 Å². The van der Waals surface area contributed by atoms with Crippen molar-refractivity contribution in [1.82, 2.24) is 9.97 Å². The summed E-state index contributed by atoms with van der Waals surface area (Å²) in [5.74, 6) is 0.882. The number of hydrogen-bond acceptors (Lipinski definition) is 5. The van der Waals surface area contributed by atoms with Crippen LogP contribution < -0.4 is 10.6 Å². The molecule has 0 aromatic carbocycles. The lowest BCUT2D eigenvalue weighted by molar-refractivity contribution is 0.902. The summed E-state index contributed by atoms with van der Waals surface area (Å²) in [5, 5.41) is 0. The monoisotopic (exact) mass is 234 g/mol. The number of anilines is 2. The summed E-state index contributed by atoms with van der Waals surface area (Å²) in [6.45, 7) is 2.83. The number of aromatic nitrogens is 2. The van der Waals surface area contributed by atoms with Gasteiger partial charge in [0.25, 0.3) is 0 Å². The fraction of sp³-hybridized carbons (Fsp3) is 0.273. The van der Waals surface area contributed by atoms with Gasteiger partial charge in [-0.3, -0.25) is 0 Å². The Morgan fingerprint density at radius 2 is 2.25 bits per heavy atom. The minimum Gasteiger partial charge on any atom is -0.399 e. The number of aryl methyl sites for hydroxylation is 1. The second-order valence-corrected chi connectivity index (χ2v) is 4.60. The van der Waals surface area contributed by atoms with Gasteiger partial charge in [-0.25, -0.2) is 9.97 Å². The molecule has 0 spiro atoms. The first-order chi connectivity index (χ1) is 7.66. The summed E-state index contributed by atoms with van der Waals surface area (Å²) >= 11 is 1.66. The van der Waals surface area contributed by atoms with Crippen molar-refractivity contribution >= 4 is 22.8 Å². The van der Waals surface area contributed by atoms with Crippen molar-refractivity contribution in [1.29, 1.82) is 0 Å². The van der Waals surface area contributed by atoms with Crippen molar-refractivity contribution in [2.75, 3.05) is 17.7 Å². The molecule has 2 aromatic heterocycles. The van der Waals surface area contributed by atoms with Crippen LogP contribution in [-0.2, 0) is 6.54 Å². The molecule has 2 rings (SSSR count). The van der Waals surface area contributed by atoms with E-state index >= 15 is 0 Å². The van der Waals surface area contributed by atoms with Gasteiger partial charge in [-0.05, 0) is 13.0 Å². The molecular weight excluding hydrogens is 220 g/mol. The summed E-state index contributed by atoms with van der Waals surface area (Å²) in [6.07, 6.45) is 1.72. The smallest absolute Gasteiger partial charge is 0.130 e. The largest absolute Gasteiger partial charge is 0.399 e. The number of nitrogen functional groups attached to an aromatic ring is 1. The quantitative estimate of drug-likeness (QED) is 0.883. The zero-order valence-corrected chi connectivity index (χ0v) is 10.2. The molecule has 0 fully saturated rings. The van der Waals surface area contributed by atoms with Gasteiger partial charge in [0.2, 0.25) is 0 Å². The first-order valence-electron chi connectivity index (χ1n) is 4.98. The molecule has 84 valence electrons. The molecule has 16 heavy (non-hydrogen) atoms. The Bertz CT molecular complexity index is 480. The van der Waals surface area contributed by atoms with E-state index < -0.39 is 0 Å². The van der Waals surface area contributed by atoms with E-state index in [9.17, 15) is 0 Å². The predicted octanol–water partition coefficient (Wildman–Crippen LogP) is 2.07. The van der Waals surface area contributed by atoms with Gasteiger partial charge in [-0.15, -0.1) is 11.3 Å². The Kier molecular flexibility index (Phi) is 3.05. The van der Waals surface area contributed by atoms with E-state index in [4.69, 9.17) is 5.73 Å². The summed E-state index contributed by atoms with van der Waals surface area (Å²) < 4.78 is 0. The summed E-state index contributed by atoms with van der Waals surface area (Å²) in [7, 11) is 2.00. The van der Waals surface area contributed by atoms with Crippen LogP contribution in [0.25, 0.3) is 0 Å². The van der Waals surface area contributed by atoms with E-state index in [0.717, 1.165) is 23.7 Å². The van der Waals surface area contributed by atoms with E-state index in [-0.39, 0.29) is 0 Å². The Morgan fingerprint density at radius 1 is 1.44 bits per heavy atom. The molecule has 0 aliphatic heterocycles. The second kappa shape index (κ2) is 4.49. The molecule has 0 saturated carbocycles. The van der Waals surface area contributed by atoms with Crippen molar-refractivity contribution in [3.63, 3.8) is 0 Å². The molecule has 2 aromatic rings. The summed E-state index contributed by atoms with van der Waals surface area (Å²) in [6, 6.07) is 3.66. The van der Waals surface area contributed by atoms with Crippen LogP contribution in [0, 0.1) is 6.92 Å². The minimum absolute atomic E-state index is 0.734. The lowest BCUT2D eigenvalue weighted by atomic mass is 10.3. The molecule has 0 aliphatic carbocycles. The Hall–Kier alpha value is -1.62. The average Bonchev–Trinajstić information content (AvgIpc) is 2.64. The maximum Gasteiger partial charge on any atom is 0.130 e. The third-order valence-corrected chi connectivity index (χ3v) is 3.31. The number of nitrogens with zero attached hydrogens (tertiary/aromatic N) is 3. The molecule has 0 aliphatic rings. The minimum atomic E-state index is 0.734. The fourth-order valence-corrected chi connectivity index (χ4v) is 2.25. The van der Waals surface area contributed by atoms with Crippen LogP contribution in [0.4, 0.5) is 11.5 Å². The van der Waals surface area contributed by atoms with E-state index in [2.05, 4.69) is 14.9 Å². The fourth-order valence-electron chi connectivity index (χ4n) is 1.42. The van der Waals surface area contributed by atoms with Crippen molar-refractivity contribution in [2.24, 2.45) is 0 Å². The van der Waals surface area contributed by atoms with Crippen molar-refractivity contribution in [3.8, 4) is 0 Å². The van der Waals surface area contributed by atoms with E-state index in [1.54, 1.807) is 23.6 Å². The predicted molar refractivity (Wildman–Crippen MR) is 67.6 cm³/mol. The average molecular weight is 234 g/mol. The van der Waals surface area contributed by atoms with Crippen LogP contribution in [0.5, 0.6) is 0 Å². The molecule has 0 unspecified atom stereocenters. The highest BCUT2D eigenvalue weighted by atomic mass is 32.1. The number of hydrogen-bond donors (Lipinski definition) is 1. The third-order valence-electron chi connectivity index (χ3n) is 2.39. The van der Waals surface area contributed by atoms with Gasteiger partial charge in [-0.1, -0.05) is 0 Å². The highest BCUT2D eigenvalue weighted by Crippen LogP contribution is 2.19. The normalized spacial score (nSPS) is 10.4. The third kappa shape index (κ3) is 2.30. The molecular formula is C11H14N4S. The molecule has 0 radical (unpaired) electrons. The van der Waals surface area contributed by atoms with Crippen molar-refractivity contribution < 1.29 is 0 Å². The second-order valence-electron chi connectivity index (χ2n) is 3.66. The van der Waals surface area contributed by atoms with Crippen molar-refractivity contribution in [3.05, 3.63) is 34.4 Å². The van der Waals surface area contributed by atoms with E-state index in [0.29, 0.717) is 0 Å². The van der Waals surface area contributed by atoms with Gasteiger partial charge >= 0.3 is 0 Å². The maximum atomic E-state index is 5.72. The molecule has 0 saturated heterocycles. The molecule has 0 atom stereocenters. The number of pyridine rings is 1. The lowest BCUT2D eigenvalue weighted by Crippen LogP contribution is -2.17. The van der Waals surface area contributed by atoms with E-state index in [1.165, 1.54) is 4.88 Å². The SMILES string of the molecule is Cc1ncsc1CN(C)c1cc(N)ccn1. The van der Waals surface area contributed by atoms with Crippen molar-refractivity contribution in [2.45, 2.75) is 13.5 Å². The van der Waals surface area contributed by atoms with Gasteiger partial charge in [0.05, 0.1) is 17.7 Å². The first-order valence-corrected chi connectivity index (χ1v) is 5.86. The Morgan fingerprint density at radius 3 is 2.88 bits per heavy atom. The van der Waals surface area contributed by atoms with Crippen LogP contribution in [0.1, 0.15) is 10.6 Å². The number of thiazole rings is 1. The number of rotatable bonds is 3. The van der Waals surface area contributed by atoms with Gasteiger partial charge < -0.3 is 10.6 Å². The topological polar surface area (TPSA) is 55.0 Å². The molecule has 2 N–H and O–H groups in total. The first kappa shape index (κ1) is 10.9. The van der Waals surface area contributed by atoms with Crippen LogP contribution in [-0.4, -0.2) is 17.0 Å². The number of nitrogens with two attached hydrogens (primary N) is 1. The molecule has 2 heterocycles. The summed E-state index contributed by atoms with van der Waals surface area (Å²) in [5.41, 5.74) is 9.41. The van der Waals surface area contributed by atoms with Gasteiger partial charge in [-0.2, -0.15) is 0 Å². The van der Waals surface area contributed by atoms with E-state index in [1.807, 2.05) is 25.5 Å². The van der Waals surface area contributed by atoms with Crippen LogP contribution >= 0.6 is 11.3 Å². The zero-order valence-electron chi connectivity index (χ0n) is 9.34. The van der Waals surface area contributed by atoms with Crippen LogP contribution in [0.15, 0.2) is 23.8 Å². The zero-order chi connectivity index (χ0) is 11.5. The Balaban J connectivity index is 2.14. The van der Waals surface area contributed by atoms with Crippen LogP contribution in [0.3, 0.4) is 0 Å². The summed E-state index contributed by atoms with van der Waals surface area (Å²) in [4.78, 5) is 11.8. The molecule has 0 amide bonds. The Labute approximate surface area is 98.8 Å². The van der Waals surface area contributed by atoms with Gasteiger partial charge in [0, 0.05) is 29.9 Å². The highest BCUT2D eigenvalue weighted by Gasteiger charge is 2.07. The standard InChI is InChI=1S/C11H14N4S/c1-8-10(16-7-14-8)6-15(2)11-5-9(12)3-4-13-11/h3-5,7H,6H2,1-2H3,(H2,12,13). The molecule has 5 heteroatoms. The lowest BCUT2D eigenvalue weighted by Gasteiger charge is -2.17. The van der Waals surface area contributed by atoms with Gasteiger partial charge in [0.15, 0.2) is 0 Å². The van der Waals surface area contributed by atoms with Gasteiger partial charge in [0.1, 0.15) is 5.82 Å². The maximum absolute atomic E-state index is 5.72. The molecule has 0 bridgehead atoms. The molecule has 4 nitrogen and oxygen atoms in total. The highest BCUT2D eigenvalue weighted by molar-refractivity contribution is 7.09.